The fraction of sp³-hybridized carbons (Fsp3) is 0.400. The number of imidazole rings is 1. The molecule has 2 N–H and O–H groups in total. The van der Waals surface area contributed by atoms with E-state index in [0.29, 0.717) is 11.7 Å². The van der Waals surface area contributed by atoms with Gasteiger partial charge in [0.25, 0.3) is 0 Å². The molecule has 9 heavy (non-hydrogen) atoms. The van der Waals surface area contributed by atoms with Gasteiger partial charge in [-0.05, 0) is 11.6 Å². The van der Waals surface area contributed by atoms with Crippen molar-refractivity contribution in [2.75, 3.05) is 6.61 Å². The van der Waals surface area contributed by atoms with Crippen LogP contribution in [0.1, 0.15) is 5.69 Å². The minimum absolute atomic E-state index is 0.124. The van der Waals surface area contributed by atoms with Gasteiger partial charge in [0.2, 0.25) is 0 Å². The summed E-state index contributed by atoms with van der Waals surface area (Å²) in [5, 5.41) is 8.81. The van der Waals surface area contributed by atoms with Crippen LogP contribution in [0.25, 0.3) is 0 Å². The average molecular weight is 147 g/mol. The third-order valence-corrected chi connectivity index (χ3v) is 1.17. The lowest BCUT2D eigenvalue weighted by Gasteiger charge is -1.86. The van der Waals surface area contributed by atoms with Crippen LogP contribution in [0.2, 0.25) is 5.28 Å². The standard InChI is InChI=1S/C5H7ClN2O/c6-5-7-3-4(8-5)1-2-9/h3,9H,1-2H2,(H,7,8). The third kappa shape index (κ3) is 1.69. The fourth-order valence-electron chi connectivity index (χ4n) is 0.579. The number of nitrogens with one attached hydrogen (secondary N) is 1. The van der Waals surface area contributed by atoms with E-state index in [9.17, 15) is 0 Å². The molecule has 0 amide bonds. The molecule has 0 bridgehead atoms. The zero-order valence-electron chi connectivity index (χ0n) is 4.76. The highest BCUT2D eigenvalue weighted by Gasteiger charge is 1.94. The van der Waals surface area contributed by atoms with Crippen LogP contribution in [0.5, 0.6) is 0 Å². The molecule has 0 aliphatic heterocycles. The van der Waals surface area contributed by atoms with E-state index in [1.54, 1.807) is 6.20 Å². The van der Waals surface area contributed by atoms with Crippen LogP contribution in [0.15, 0.2) is 6.20 Å². The normalized spacial score (nSPS) is 10.0. The molecule has 1 aromatic heterocycles. The topological polar surface area (TPSA) is 48.9 Å². The van der Waals surface area contributed by atoms with Gasteiger partial charge in [0, 0.05) is 24.9 Å². The van der Waals surface area contributed by atoms with Gasteiger partial charge >= 0.3 is 0 Å². The number of hydrogen-bond donors (Lipinski definition) is 2. The van der Waals surface area contributed by atoms with Crippen molar-refractivity contribution in [1.82, 2.24) is 9.97 Å². The fourth-order valence-corrected chi connectivity index (χ4v) is 0.749. The van der Waals surface area contributed by atoms with Crippen molar-refractivity contribution in [3.8, 4) is 0 Å². The van der Waals surface area contributed by atoms with Crippen LogP contribution in [-0.4, -0.2) is 21.7 Å². The molecule has 0 atom stereocenters. The molecule has 0 spiro atoms. The van der Waals surface area contributed by atoms with E-state index in [2.05, 4.69) is 9.97 Å². The second-order valence-corrected chi connectivity index (χ2v) is 2.03. The van der Waals surface area contributed by atoms with Gasteiger partial charge in [0.15, 0.2) is 5.28 Å². The number of hydrogen-bond acceptors (Lipinski definition) is 2. The molecule has 0 saturated carbocycles. The van der Waals surface area contributed by atoms with E-state index < -0.39 is 0 Å². The summed E-state index contributed by atoms with van der Waals surface area (Å²) in [4.78, 5) is 6.51. The Balaban J connectivity index is 2.61. The van der Waals surface area contributed by atoms with Crippen molar-refractivity contribution in [1.29, 1.82) is 0 Å². The highest BCUT2D eigenvalue weighted by atomic mass is 35.5. The summed E-state index contributed by atoms with van der Waals surface area (Å²) in [6.07, 6.45) is 2.19. The van der Waals surface area contributed by atoms with Crippen molar-refractivity contribution in [2.24, 2.45) is 0 Å². The Morgan fingerprint density at radius 1 is 1.78 bits per heavy atom. The Kier molecular flexibility index (Phi) is 2.08. The van der Waals surface area contributed by atoms with Gasteiger partial charge in [-0.15, -0.1) is 0 Å². The summed E-state index contributed by atoms with van der Waals surface area (Å²) < 4.78 is 0. The van der Waals surface area contributed by atoms with E-state index in [0.717, 1.165) is 5.69 Å². The van der Waals surface area contributed by atoms with Gasteiger partial charge in [-0.2, -0.15) is 0 Å². The summed E-state index contributed by atoms with van der Waals surface area (Å²) in [6.45, 7) is 0.124. The first kappa shape index (κ1) is 6.58. The lowest BCUT2D eigenvalue weighted by Crippen LogP contribution is -1.89. The molecular weight excluding hydrogens is 140 g/mol. The summed E-state index contributed by atoms with van der Waals surface area (Å²) >= 11 is 5.45. The number of halogens is 1. The minimum Gasteiger partial charge on any atom is -0.396 e. The first-order chi connectivity index (χ1) is 4.33. The molecule has 0 fully saturated rings. The van der Waals surface area contributed by atoms with E-state index in [1.807, 2.05) is 0 Å². The van der Waals surface area contributed by atoms with Crippen molar-refractivity contribution in [3.05, 3.63) is 17.2 Å². The number of H-pyrrole nitrogens is 1. The molecule has 1 aromatic rings. The molecule has 4 heteroatoms. The van der Waals surface area contributed by atoms with Gasteiger partial charge in [-0.3, -0.25) is 0 Å². The van der Waals surface area contributed by atoms with Gasteiger partial charge < -0.3 is 10.1 Å². The molecule has 50 valence electrons. The predicted molar refractivity (Wildman–Crippen MR) is 34.4 cm³/mol. The van der Waals surface area contributed by atoms with E-state index in [1.165, 1.54) is 0 Å². The van der Waals surface area contributed by atoms with Crippen LogP contribution in [0.4, 0.5) is 0 Å². The van der Waals surface area contributed by atoms with E-state index in [4.69, 9.17) is 16.7 Å². The zero-order valence-corrected chi connectivity index (χ0v) is 5.52. The monoisotopic (exact) mass is 146 g/mol. The Morgan fingerprint density at radius 2 is 2.56 bits per heavy atom. The number of aromatic nitrogens is 2. The summed E-state index contributed by atoms with van der Waals surface area (Å²) in [5.41, 5.74) is 0.863. The number of nitrogens with zero attached hydrogens (tertiary/aromatic N) is 1. The number of aromatic amines is 1. The summed E-state index contributed by atoms with van der Waals surface area (Å²) in [7, 11) is 0. The second-order valence-electron chi connectivity index (χ2n) is 1.67. The molecule has 3 nitrogen and oxygen atoms in total. The van der Waals surface area contributed by atoms with Gasteiger partial charge in [-0.1, -0.05) is 0 Å². The summed E-state index contributed by atoms with van der Waals surface area (Å²) in [5.74, 6) is 0. The van der Waals surface area contributed by atoms with Gasteiger partial charge in [-0.25, -0.2) is 4.98 Å². The maximum absolute atomic E-state index is 8.44. The maximum Gasteiger partial charge on any atom is 0.200 e. The van der Waals surface area contributed by atoms with Crippen LogP contribution in [0.3, 0.4) is 0 Å². The third-order valence-electron chi connectivity index (χ3n) is 0.979. The van der Waals surface area contributed by atoms with Crippen molar-refractivity contribution in [2.45, 2.75) is 6.42 Å². The van der Waals surface area contributed by atoms with E-state index in [-0.39, 0.29) is 6.61 Å². The second kappa shape index (κ2) is 2.85. The quantitative estimate of drug-likeness (QED) is 0.642. The Labute approximate surface area is 57.7 Å². The Morgan fingerprint density at radius 3 is 3.00 bits per heavy atom. The average Bonchev–Trinajstić information content (AvgIpc) is 2.17. The smallest absolute Gasteiger partial charge is 0.200 e. The molecule has 0 saturated heterocycles. The molecule has 0 radical (unpaired) electrons. The molecule has 0 aliphatic carbocycles. The molecule has 0 aliphatic rings. The first-order valence-corrected chi connectivity index (χ1v) is 3.01. The lowest BCUT2D eigenvalue weighted by atomic mass is 10.4. The van der Waals surface area contributed by atoms with Gasteiger partial charge in [0.05, 0.1) is 0 Å². The molecule has 1 heterocycles. The Bertz CT molecular complexity index is 187. The number of rotatable bonds is 2. The minimum atomic E-state index is 0.124. The van der Waals surface area contributed by atoms with Crippen molar-refractivity contribution in [3.63, 3.8) is 0 Å². The molecule has 1 rings (SSSR count). The van der Waals surface area contributed by atoms with Crippen LogP contribution >= 0.6 is 11.6 Å². The number of aliphatic hydroxyl groups is 1. The molecule has 0 unspecified atom stereocenters. The highest BCUT2D eigenvalue weighted by molar-refractivity contribution is 6.28. The van der Waals surface area contributed by atoms with Crippen molar-refractivity contribution < 1.29 is 5.11 Å². The van der Waals surface area contributed by atoms with Crippen molar-refractivity contribution >= 4 is 11.6 Å². The molecular formula is C5H7ClN2O. The van der Waals surface area contributed by atoms with Gasteiger partial charge in [0.1, 0.15) is 0 Å². The lowest BCUT2D eigenvalue weighted by molar-refractivity contribution is 0.298. The molecule has 0 aromatic carbocycles. The van der Waals surface area contributed by atoms with Crippen LogP contribution in [0, 0.1) is 0 Å². The largest absolute Gasteiger partial charge is 0.396 e. The first-order valence-electron chi connectivity index (χ1n) is 2.63. The highest BCUT2D eigenvalue weighted by Crippen LogP contribution is 2.01. The Hall–Kier alpha value is -0.540. The zero-order chi connectivity index (χ0) is 6.69. The predicted octanol–water partition coefficient (Wildman–Crippen LogP) is 0.598. The number of aliphatic hydroxyl groups excluding tert-OH is 1. The van der Waals surface area contributed by atoms with Crippen LogP contribution < -0.4 is 0 Å². The SMILES string of the molecule is OCCc1cnc(Cl)[nH]1. The van der Waals surface area contributed by atoms with Crippen LogP contribution in [-0.2, 0) is 6.42 Å². The summed E-state index contributed by atoms with van der Waals surface area (Å²) in [6, 6.07) is 0. The maximum atomic E-state index is 8.44. The van der Waals surface area contributed by atoms with E-state index >= 15 is 0 Å².